The molecule has 0 saturated carbocycles. The Hall–Kier alpha value is -2.69. The summed E-state index contributed by atoms with van der Waals surface area (Å²) in [5, 5.41) is 0. The van der Waals surface area contributed by atoms with Crippen molar-refractivity contribution in [3.8, 4) is 0 Å². The lowest BCUT2D eigenvalue weighted by atomic mass is 9.78. The second-order valence-electron chi connectivity index (χ2n) is 7.34. The zero-order valence-electron chi connectivity index (χ0n) is 15.0. The maximum absolute atomic E-state index is 13.2. The smallest absolute Gasteiger partial charge is 0.254 e. The average Bonchev–Trinajstić information content (AvgIpc) is 2.98. The fourth-order valence-electron chi connectivity index (χ4n) is 4.25. The van der Waals surface area contributed by atoms with E-state index in [1.165, 1.54) is 0 Å². The standard InChI is InChI=1S/C21H23N3O2/c1-16-6-2-3-8-18(16)19(25)23-12-5-9-21(15-23)10-13-24(20(21)26)17-7-4-11-22-14-17/h2-4,6-8,11,14H,5,9-10,12-13,15H2,1H3/t21-/m0/s1. The first-order valence-electron chi connectivity index (χ1n) is 9.18. The number of anilines is 1. The minimum Gasteiger partial charge on any atom is -0.338 e. The van der Waals surface area contributed by atoms with Gasteiger partial charge in [0, 0.05) is 31.4 Å². The second-order valence-corrected chi connectivity index (χ2v) is 7.34. The Labute approximate surface area is 153 Å². The van der Waals surface area contributed by atoms with E-state index in [9.17, 15) is 9.59 Å². The monoisotopic (exact) mass is 349 g/mol. The van der Waals surface area contributed by atoms with Crippen LogP contribution in [0, 0.1) is 12.3 Å². The van der Waals surface area contributed by atoms with Gasteiger partial charge >= 0.3 is 0 Å². The van der Waals surface area contributed by atoms with E-state index < -0.39 is 5.41 Å². The van der Waals surface area contributed by atoms with Gasteiger partial charge in [-0.2, -0.15) is 0 Å². The van der Waals surface area contributed by atoms with Gasteiger partial charge in [-0.25, -0.2) is 0 Å². The maximum atomic E-state index is 13.2. The molecule has 2 aliphatic rings. The molecule has 1 aromatic carbocycles. The van der Waals surface area contributed by atoms with Crippen LogP contribution in [-0.2, 0) is 4.79 Å². The number of hydrogen-bond acceptors (Lipinski definition) is 3. The van der Waals surface area contributed by atoms with Crippen molar-refractivity contribution in [1.82, 2.24) is 9.88 Å². The molecule has 0 bridgehead atoms. The summed E-state index contributed by atoms with van der Waals surface area (Å²) in [7, 11) is 0. The molecule has 1 atom stereocenters. The molecule has 134 valence electrons. The number of carbonyl (C=O) groups is 2. The van der Waals surface area contributed by atoms with Gasteiger partial charge in [0.25, 0.3) is 5.91 Å². The van der Waals surface area contributed by atoms with Gasteiger partial charge in [0.2, 0.25) is 5.91 Å². The molecule has 0 unspecified atom stereocenters. The number of hydrogen-bond donors (Lipinski definition) is 0. The highest BCUT2D eigenvalue weighted by molar-refractivity contribution is 6.01. The normalized spacial score (nSPS) is 22.9. The van der Waals surface area contributed by atoms with Gasteiger partial charge in [-0.15, -0.1) is 0 Å². The van der Waals surface area contributed by atoms with Crippen LogP contribution >= 0.6 is 0 Å². The van der Waals surface area contributed by atoms with Crippen molar-refractivity contribution >= 4 is 17.5 Å². The lowest BCUT2D eigenvalue weighted by Crippen LogP contribution is -2.50. The number of nitrogens with zero attached hydrogens (tertiary/aromatic N) is 3. The SMILES string of the molecule is Cc1ccccc1C(=O)N1CCC[C@]2(CCN(c3cccnc3)C2=O)C1. The third-order valence-electron chi connectivity index (χ3n) is 5.71. The summed E-state index contributed by atoms with van der Waals surface area (Å²) in [5.74, 6) is 0.169. The number of rotatable bonds is 2. The molecule has 5 heteroatoms. The molecular weight excluding hydrogens is 326 g/mol. The van der Waals surface area contributed by atoms with Crippen molar-refractivity contribution in [2.75, 3.05) is 24.5 Å². The van der Waals surface area contributed by atoms with Gasteiger partial charge in [-0.3, -0.25) is 14.6 Å². The number of aryl methyl sites for hydroxylation is 1. The van der Waals surface area contributed by atoms with E-state index >= 15 is 0 Å². The van der Waals surface area contributed by atoms with E-state index in [4.69, 9.17) is 0 Å². The van der Waals surface area contributed by atoms with Crippen LogP contribution in [0.3, 0.4) is 0 Å². The first-order valence-corrected chi connectivity index (χ1v) is 9.18. The highest BCUT2D eigenvalue weighted by Gasteiger charge is 2.50. The van der Waals surface area contributed by atoms with Gasteiger partial charge in [0.1, 0.15) is 0 Å². The van der Waals surface area contributed by atoms with Gasteiger partial charge in [0.05, 0.1) is 17.3 Å². The molecule has 2 saturated heterocycles. The molecule has 1 aromatic heterocycles. The van der Waals surface area contributed by atoms with Crippen molar-refractivity contribution in [1.29, 1.82) is 0 Å². The zero-order valence-corrected chi connectivity index (χ0v) is 15.0. The summed E-state index contributed by atoms with van der Waals surface area (Å²) in [6, 6.07) is 11.4. The zero-order chi connectivity index (χ0) is 18.1. The molecule has 2 amide bonds. The Morgan fingerprint density at radius 2 is 1.96 bits per heavy atom. The number of carbonyl (C=O) groups excluding carboxylic acids is 2. The molecule has 5 nitrogen and oxygen atoms in total. The summed E-state index contributed by atoms with van der Waals surface area (Å²) in [6.07, 6.45) is 5.95. The number of likely N-dealkylation sites (tertiary alicyclic amines) is 1. The van der Waals surface area contributed by atoms with Crippen molar-refractivity contribution in [3.63, 3.8) is 0 Å². The predicted molar refractivity (Wildman–Crippen MR) is 100.0 cm³/mol. The number of amides is 2. The van der Waals surface area contributed by atoms with Gasteiger partial charge in [-0.05, 0) is 49.9 Å². The second kappa shape index (κ2) is 6.56. The third kappa shape index (κ3) is 2.77. The van der Waals surface area contributed by atoms with Crippen molar-refractivity contribution in [3.05, 3.63) is 59.9 Å². The summed E-state index contributed by atoms with van der Waals surface area (Å²) in [5.41, 5.74) is 2.11. The summed E-state index contributed by atoms with van der Waals surface area (Å²) in [6.45, 7) is 3.87. The van der Waals surface area contributed by atoms with E-state index in [1.54, 1.807) is 12.4 Å². The largest absolute Gasteiger partial charge is 0.338 e. The van der Waals surface area contributed by atoms with Crippen LogP contribution < -0.4 is 4.90 Å². The summed E-state index contributed by atoms with van der Waals surface area (Å²) >= 11 is 0. The van der Waals surface area contributed by atoms with Gasteiger partial charge in [-0.1, -0.05) is 18.2 Å². The highest BCUT2D eigenvalue weighted by atomic mass is 16.2. The van der Waals surface area contributed by atoms with Crippen molar-refractivity contribution in [2.45, 2.75) is 26.2 Å². The topological polar surface area (TPSA) is 53.5 Å². The van der Waals surface area contributed by atoms with Crippen LogP contribution in [0.15, 0.2) is 48.8 Å². The van der Waals surface area contributed by atoms with E-state index in [2.05, 4.69) is 4.98 Å². The minimum absolute atomic E-state index is 0.0369. The average molecular weight is 349 g/mol. The first kappa shape index (κ1) is 16.8. The quantitative estimate of drug-likeness (QED) is 0.837. The first-order chi connectivity index (χ1) is 12.6. The van der Waals surface area contributed by atoms with E-state index in [0.717, 1.165) is 42.6 Å². The molecule has 0 aliphatic carbocycles. The molecule has 0 radical (unpaired) electrons. The molecule has 0 N–H and O–H groups in total. The fourth-order valence-corrected chi connectivity index (χ4v) is 4.25. The summed E-state index contributed by atoms with van der Waals surface area (Å²) in [4.78, 5) is 34.1. The Bertz CT molecular complexity index is 836. The van der Waals surface area contributed by atoms with Crippen LogP contribution in [0.4, 0.5) is 5.69 Å². The molecule has 3 heterocycles. The number of aromatic nitrogens is 1. The molecule has 2 fully saturated rings. The number of piperidine rings is 1. The Morgan fingerprint density at radius 3 is 2.73 bits per heavy atom. The van der Waals surface area contributed by atoms with Gasteiger partial charge in [0.15, 0.2) is 0 Å². The van der Waals surface area contributed by atoms with E-state index in [0.29, 0.717) is 13.1 Å². The highest BCUT2D eigenvalue weighted by Crippen LogP contribution is 2.42. The van der Waals surface area contributed by atoms with Gasteiger partial charge < -0.3 is 9.80 Å². The lowest BCUT2D eigenvalue weighted by Gasteiger charge is -2.39. The number of pyridine rings is 1. The molecule has 1 spiro atoms. The fraction of sp³-hybridized carbons (Fsp3) is 0.381. The molecule has 4 rings (SSSR count). The Morgan fingerprint density at radius 1 is 1.12 bits per heavy atom. The van der Waals surface area contributed by atoms with E-state index in [-0.39, 0.29) is 11.8 Å². The Balaban J connectivity index is 1.56. The molecule has 26 heavy (non-hydrogen) atoms. The lowest BCUT2D eigenvalue weighted by molar-refractivity contribution is -0.127. The van der Waals surface area contributed by atoms with Crippen LogP contribution in [0.1, 0.15) is 35.2 Å². The summed E-state index contributed by atoms with van der Waals surface area (Å²) < 4.78 is 0. The van der Waals surface area contributed by atoms with Crippen LogP contribution in [-0.4, -0.2) is 41.3 Å². The predicted octanol–water partition coefficient (Wildman–Crippen LogP) is 3.05. The van der Waals surface area contributed by atoms with E-state index in [1.807, 2.05) is 53.1 Å². The van der Waals surface area contributed by atoms with Crippen LogP contribution in [0.5, 0.6) is 0 Å². The van der Waals surface area contributed by atoms with Crippen LogP contribution in [0.25, 0.3) is 0 Å². The minimum atomic E-state index is -0.452. The van der Waals surface area contributed by atoms with Crippen molar-refractivity contribution < 1.29 is 9.59 Å². The molecule has 2 aromatic rings. The van der Waals surface area contributed by atoms with Crippen LogP contribution in [0.2, 0.25) is 0 Å². The third-order valence-corrected chi connectivity index (χ3v) is 5.71. The Kier molecular flexibility index (Phi) is 4.23. The van der Waals surface area contributed by atoms with Crippen molar-refractivity contribution in [2.24, 2.45) is 5.41 Å². The number of benzene rings is 1. The molecular formula is C21H23N3O2. The maximum Gasteiger partial charge on any atom is 0.254 e. The molecule has 2 aliphatic heterocycles.